The van der Waals surface area contributed by atoms with Crippen LogP contribution in [-0.4, -0.2) is 27.3 Å². The van der Waals surface area contributed by atoms with Crippen LogP contribution in [0.5, 0.6) is 0 Å². The summed E-state index contributed by atoms with van der Waals surface area (Å²) in [5.41, 5.74) is 1.13. The lowest BCUT2D eigenvalue weighted by Crippen LogP contribution is -2.38. The smallest absolute Gasteiger partial charge is 0.315 e. The number of aryl methyl sites for hydroxylation is 1. The van der Waals surface area contributed by atoms with E-state index in [0.29, 0.717) is 17.4 Å². The summed E-state index contributed by atoms with van der Waals surface area (Å²) >= 11 is 5.82. The summed E-state index contributed by atoms with van der Waals surface area (Å²) in [7, 11) is 1.84. The fourth-order valence-corrected chi connectivity index (χ4v) is 2.09. The van der Waals surface area contributed by atoms with Crippen molar-refractivity contribution in [2.24, 2.45) is 7.05 Å². The van der Waals surface area contributed by atoms with Crippen molar-refractivity contribution < 1.29 is 4.79 Å². The summed E-state index contributed by atoms with van der Waals surface area (Å²) in [4.78, 5) is 11.8. The molecule has 2 rings (SSSR count). The maximum absolute atomic E-state index is 11.8. The van der Waals surface area contributed by atoms with Crippen LogP contribution in [0.2, 0.25) is 5.02 Å². The minimum Gasteiger partial charge on any atom is -0.338 e. The monoisotopic (exact) mass is 307 g/mol. The Kier molecular flexibility index (Phi) is 5.16. The molecule has 1 atom stereocenters. The standard InChI is InChI=1S/C14H18ClN5O/c1-10(13-19-17-9-20(13)2)18-14(21)16-8-7-11-3-5-12(15)6-4-11/h3-6,9-10H,7-8H2,1-2H3,(H2,16,18,21)/t10-/m0/s1. The van der Waals surface area contributed by atoms with Crippen LogP contribution in [0.4, 0.5) is 4.79 Å². The Morgan fingerprint density at radius 1 is 1.38 bits per heavy atom. The summed E-state index contributed by atoms with van der Waals surface area (Å²) in [6, 6.07) is 7.15. The molecule has 1 aromatic carbocycles. The Bertz CT molecular complexity index is 596. The van der Waals surface area contributed by atoms with Gasteiger partial charge < -0.3 is 15.2 Å². The van der Waals surface area contributed by atoms with Crippen molar-refractivity contribution in [3.8, 4) is 0 Å². The molecule has 0 aliphatic heterocycles. The van der Waals surface area contributed by atoms with Crippen LogP contribution in [0, 0.1) is 0 Å². The first-order chi connectivity index (χ1) is 10.1. The van der Waals surface area contributed by atoms with E-state index in [-0.39, 0.29) is 12.1 Å². The lowest BCUT2D eigenvalue weighted by atomic mass is 10.1. The topological polar surface area (TPSA) is 71.8 Å². The van der Waals surface area contributed by atoms with E-state index in [1.165, 1.54) is 0 Å². The minimum atomic E-state index is -0.223. The van der Waals surface area contributed by atoms with E-state index in [1.807, 2.05) is 38.2 Å². The molecule has 7 heteroatoms. The van der Waals surface area contributed by atoms with E-state index >= 15 is 0 Å². The molecule has 21 heavy (non-hydrogen) atoms. The van der Waals surface area contributed by atoms with Crippen molar-refractivity contribution in [1.82, 2.24) is 25.4 Å². The number of halogens is 1. The van der Waals surface area contributed by atoms with E-state index in [2.05, 4.69) is 20.8 Å². The maximum Gasteiger partial charge on any atom is 0.315 e. The van der Waals surface area contributed by atoms with Gasteiger partial charge in [0.1, 0.15) is 6.33 Å². The molecule has 0 bridgehead atoms. The van der Waals surface area contributed by atoms with E-state index in [4.69, 9.17) is 11.6 Å². The zero-order chi connectivity index (χ0) is 15.2. The van der Waals surface area contributed by atoms with Gasteiger partial charge in [0.15, 0.2) is 5.82 Å². The fraction of sp³-hybridized carbons (Fsp3) is 0.357. The van der Waals surface area contributed by atoms with Gasteiger partial charge in [0.2, 0.25) is 0 Å². The van der Waals surface area contributed by atoms with E-state index in [0.717, 1.165) is 12.0 Å². The van der Waals surface area contributed by atoms with E-state index in [1.54, 1.807) is 10.9 Å². The van der Waals surface area contributed by atoms with Crippen LogP contribution in [0.25, 0.3) is 0 Å². The third-order valence-corrected chi connectivity index (χ3v) is 3.35. The average molecular weight is 308 g/mol. The van der Waals surface area contributed by atoms with Gasteiger partial charge in [0.05, 0.1) is 6.04 Å². The number of hydrogen-bond donors (Lipinski definition) is 2. The summed E-state index contributed by atoms with van der Waals surface area (Å²) < 4.78 is 1.78. The number of urea groups is 1. The van der Waals surface area contributed by atoms with Crippen molar-refractivity contribution in [2.45, 2.75) is 19.4 Å². The molecule has 0 radical (unpaired) electrons. The molecule has 0 aliphatic carbocycles. The second-order valence-electron chi connectivity index (χ2n) is 4.80. The highest BCUT2D eigenvalue weighted by Gasteiger charge is 2.13. The molecule has 2 amide bonds. The summed E-state index contributed by atoms with van der Waals surface area (Å²) in [5, 5.41) is 14.1. The molecule has 2 N–H and O–H groups in total. The molecule has 0 unspecified atom stereocenters. The van der Waals surface area contributed by atoms with Gasteiger partial charge >= 0.3 is 6.03 Å². The van der Waals surface area contributed by atoms with Gasteiger partial charge in [-0.2, -0.15) is 0 Å². The summed E-state index contributed by atoms with van der Waals surface area (Å²) in [6.07, 6.45) is 2.36. The lowest BCUT2D eigenvalue weighted by Gasteiger charge is -2.13. The second-order valence-corrected chi connectivity index (χ2v) is 5.23. The molecular weight excluding hydrogens is 290 g/mol. The minimum absolute atomic E-state index is 0.201. The lowest BCUT2D eigenvalue weighted by molar-refractivity contribution is 0.237. The third-order valence-electron chi connectivity index (χ3n) is 3.09. The van der Waals surface area contributed by atoms with Crippen molar-refractivity contribution >= 4 is 17.6 Å². The highest BCUT2D eigenvalue weighted by Crippen LogP contribution is 2.09. The number of nitrogens with zero attached hydrogens (tertiary/aromatic N) is 3. The molecule has 1 heterocycles. The molecule has 2 aromatic rings. The van der Waals surface area contributed by atoms with Gasteiger partial charge in [-0.3, -0.25) is 0 Å². The highest BCUT2D eigenvalue weighted by atomic mass is 35.5. The molecule has 112 valence electrons. The Balaban J connectivity index is 1.75. The van der Waals surface area contributed by atoms with Gasteiger partial charge in [-0.25, -0.2) is 4.79 Å². The number of nitrogens with one attached hydrogen (secondary N) is 2. The number of hydrogen-bond acceptors (Lipinski definition) is 3. The zero-order valence-electron chi connectivity index (χ0n) is 12.0. The predicted molar refractivity (Wildman–Crippen MR) is 81.1 cm³/mol. The second kappa shape index (κ2) is 7.08. The van der Waals surface area contributed by atoms with Crippen LogP contribution in [-0.2, 0) is 13.5 Å². The van der Waals surface area contributed by atoms with Crippen molar-refractivity contribution in [2.75, 3.05) is 6.54 Å². The first-order valence-corrected chi connectivity index (χ1v) is 7.07. The predicted octanol–water partition coefficient (Wildman–Crippen LogP) is 2.07. The zero-order valence-corrected chi connectivity index (χ0v) is 12.8. The van der Waals surface area contributed by atoms with Gasteiger partial charge in [0, 0.05) is 18.6 Å². The van der Waals surface area contributed by atoms with Gasteiger partial charge in [-0.15, -0.1) is 10.2 Å². The first kappa shape index (κ1) is 15.3. The molecule has 6 nitrogen and oxygen atoms in total. The molecular formula is C14H18ClN5O. The number of carbonyl (C=O) groups excluding carboxylic acids is 1. The van der Waals surface area contributed by atoms with Crippen LogP contribution in [0.1, 0.15) is 24.4 Å². The third kappa shape index (κ3) is 4.46. The number of rotatable bonds is 5. The Morgan fingerprint density at radius 3 is 2.71 bits per heavy atom. The number of aromatic nitrogens is 3. The number of carbonyl (C=O) groups is 1. The van der Waals surface area contributed by atoms with Gasteiger partial charge in [-0.05, 0) is 31.0 Å². The SMILES string of the molecule is C[C@H](NC(=O)NCCc1ccc(Cl)cc1)c1nncn1C. The highest BCUT2D eigenvalue weighted by molar-refractivity contribution is 6.30. The molecule has 1 aromatic heterocycles. The quantitative estimate of drug-likeness (QED) is 0.888. The van der Waals surface area contributed by atoms with Crippen LogP contribution in [0.15, 0.2) is 30.6 Å². The van der Waals surface area contributed by atoms with Crippen molar-refractivity contribution in [1.29, 1.82) is 0 Å². The summed E-state index contributed by atoms with van der Waals surface area (Å²) in [5.74, 6) is 0.711. The molecule has 0 fully saturated rings. The van der Waals surface area contributed by atoms with Gasteiger partial charge in [-0.1, -0.05) is 23.7 Å². The fourth-order valence-electron chi connectivity index (χ4n) is 1.97. The largest absolute Gasteiger partial charge is 0.338 e. The Labute approximate surface area is 128 Å². The van der Waals surface area contributed by atoms with E-state index in [9.17, 15) is 4.79 Å². The first-order valence-electron chi connectivity index (χ1n) is 6.69. The number of amides is 2. The molecule has 0 aliphatic rings. The normalized spacial score (nSPS) is 12.0. The maximum atomic E-state index is 11.8. The van der Waals surface area contributed by atoms with Crippen LogP contribution >= 0.6 is 11.6 Å². The van der Waals surface area contributed by atoms with Crippen LogP contribution < -0.4 is 10.6 Å². The Morgan fingerprint density at radius 2 is 2.10 bits per heavy atom. The van der Waals surface area contributed by atoms with Crippen molar-refractivity contribution in [3.05, 3.63) is 47.0 Å². The summed E-state index contributed by atoms with van der Waals surface area (Å²) in [6.45, 7) is 2.42. The molecule has 0 saturated carbocycles. The average Bonchev–Trinajstić information content (AvgIpc) is 2.87. The van der Waals surface area contributed by atoms with E-state index < -0.39 is 0 Å². The molecule has 0 spiro atoms. The van der Waals surface area contributed by atoms with Crippen LogP contribution in [0.3, 0.4) is 0 Å². The molecule has 0 saturated heterocycles. The van der Waals surface area contributed by atoms with Crippen molar-refractivity contribution in [3.63, 3.8) is 0 Å². The Hall–Kier alpha value is -2.08. The number of benzene rings is 1. The van der Waals surface area contributed by atoms with Gasteiger partial charge in [0.25, 0.3) is 0 Å².